The van der Waals surface area contributed by atoms with Gasteiger partial charge in [0.2, 0.25) is 0 Å². The molecule has 1 atom stereocenters. The Morgan fingerprint density at radius 2 is 1.88 bits per heavy atom. The first-order valence-electron chi connectivity index (χ1n) is 11.3. The zero-order chi connectivity index (χ0) is 24.0. The van der Waals surface area contributed by atoms with Crippen LogP contribution >= 0.6 is 12.2 Å². The minimum absolute atomic E-state index is 0.182. The van der Waals surface area contributed by atoms with Crippen molar-refractivity contribution in [2.75, 3.05) is 19.0 Å². The molecule has 0 aromatic heterocycles. The van der Waals surface area contributed by atoms with Crippen molar-refractivity contribution in [1.82, 2.24) is 10.2 Å². The predicted octanol–water partition coefficient (Wildman–Crippen LogP) is 4.98. The first-order chi connectivity index (χ1) is 15.8. The molecule has 1 aliphatic rings. The van der Waals surface area contributed by atoms with E-state index in [-0.39, 0.29) is 18.5 Å². The smallest absolute Gasteiger partial charge is 0.338 e. The number of thiocarbonyl (C=S) groups is 1. The van der Waals surface area contributed by atoms with Crippen molar-refractivity contribution in [3.05, 3.63) is 76.5 Å². The summed E-state index contributed by atoms with van der Waals surface area (Å²) in [6.45, 7) is 6.07. The average Bonchev–Trinajstić information content (AvgIpc) is 2.81. The Labute approximate surface area is 201 Å². The number of nitrogens with one attached hydrogen (secondary N) is 2. The van der Waals surface area contributed by atoms with Gasteiger partial charge in [-0.05, 0) is 74.3 Å². The molecule has 1 heterocycles. The van der Waals surface area contributed by atoms with E-state index in [2.05, 4.69) is 17.6 Å². The molecule has 0 fully saturated rings. The van der Waals surface area contributed by atoms with Crippen LogP contribution in [0.3, 0.4) is 0 Å². The van der Waals surface area contributed by atoms with Gasteiger partial charge in [-0.2, -0.15) is 0 Å². The quantitative estimate of drug-likeness (QED) is 0.423. The van der Waals surface area contributed by atoms with E-state index in [9.17, 15) is 9.59 Å². The van der Waals surface area contributed by atoms with Gasteiger partial charge in [-0.3, -0.25) is 4.79 Å². The molecule has 2 aromatic rings. The number of carbonyl (C=O) groups excluding carboxylic acids is 2. The molecule has 0 saturated heterocycles. The fourth-order valence-corrected chi connectivity index (χ4v) is 4.02. The van der Waals surface area contributed by atoms with Gasteiger partial charge in [0.1, 0.15) is 0 Å². The molecule has 174 valence electrons. The van der Waals surface area contributed by atoms with Gasteiger partial charge in [0, 0.05) is 24.0 Å². The Balaban J connectivity index is 1.82. The van der Waals surface area contributed by atoms with Crippen LogP contribution in [0, 0.1) is 0 Å². The minimum Gasteiger partial charge on any atom is -0.463 e. The summed E-state index contributed by atoms with van der Waals surface area (Å²) >= 11 is 5.45. The number of rotatable bonds is 8. The first-order valence-corrected chi connectivity index (χ1v) is 11.7. The van der Waals surface area contributed by atoms with Crippen LogP contribution in [0.1, 0.15) is 61.1 Å². The van der Waals surface area contributed by atoms with Crippen LogP contribution in [0.4, 0.5) is 5.69 Å². The van der Waals surface area contributed by atoms with Crippen molar-refractivity contribution < 1.29 is 14.3 Å². The third kappa shape index (κ3) is 5.79. The Kier molecular flexibility index (Phi) is 8.22. The van der Waals surface area contributed by atoms with Crippen LogP contribution in [0.2, 0.25) is 0 Å². The second-order valence-corrected chi connectivity index (χ2v) is 8.43. The summed E-state index contributed by atoms with van der Waals surface area (Å²) in [6, 6.07) is 14.7. The van der Waals surface area contributed by atoms with Gasteiger partial charge in [-0.25, -0.2) is 4.79 Å². The number of hydrogen-bond donors (Lipinski definition) is 2. The summed E-state index contributed by atoms with van der Waals surface area (Å²) in [6.07, 6.45) is 3.29. The van der Waals surface area contributed by atoms with E-state index < -0.39 is 6.04 Å². The number of nitrogens with zero attached hydrogens (tertiary/aromatic N) is 1. The standard InChI is InChI=1S/C26H31N3O3S/c1-5-7-9-18-12-14-19(15-13-18)24(30)27-21-11-8-10-20(16-21)23-22(25(31)32-6-2)17(3)29(4)26(33)28-23/h8,10-16,23H,5-7,9H2,1-4H3,(H,27,30)(H,28,33). The molecule has 0 radical (unpaired) electrons. The Bertz CT molecular complexity index is 1060. The summed E-state index contributed by atoms with van der Waals surface area (Å²) in [5.74, 6) is -0.571. The number of allylic oxidation sites excluding steroid dienone is 1. The van der Waals surface area contributed by atoms with Crippen molar-refractivity contribution in [2.24, 2.45) is 0 Å². The fourth-order valence-electron chi connectivity index (χ4n) is 3.76. The van der Waals surface area contributed by atoms with Gasteiger partial charge in [-0.15, -0.1) is 0 Å². The van der Waals surface area contributed by atoms with Crippen LogP contribution in [0.15, 0.2) is 59.8 Å². The highest BCUT2D eigenvalue weighted by Gasteiger charge is 2.33. The van der Waals surface area contributed by atoms with Crippen molar-refractivity contribution >= 4 is 34.9 Å². The highest BCUT2D eigenvalue weighted by Crippen LogP contribution is 2.32. The second-order valence-electron chi connectivity index (χ2n) is 8.04. The van der Waals surface area contributed by atoms with E-state index in [4.69, 9.17) is 17.0 Å². The lowest BCUT2D eigenvalue weighted by Gasteiger charge is -2.35. The SMILES string of the molecule is CCCCc1ccc(C(=O)Nc2cccc(C3NC(=S)N(C)C(C)=C3C(=O)OCC)c2)cc1. The van der Waals surface area contributed by atoms with Crippen LogP contribution < -0.4 is 10.6 Å². The average molecular weight is 466 g/mol. The lowest BCUT2D eigenvalue weighted by Crippen LogP contribution is -2.46. The molecule has 2 N–H and O–H groups in total. The van der Waals surface area contributed by atoms with Gasteiger partial charge in [0.15, 0.2) is 5.11 Å². The van der Waals surface area contributed by atoms with E-state index in [1.165, 1.54) is 5.56 Å². The molecular formula is C26H31N3O3S. The number of ether oxygens (including phenoxy) is 1. The molecule has 0 spiro atoms. The van der Waals surface area contributed by atoms with Crippen molar-refractivity contribution in [2.45, 2.75) is 46.1 Å². The van der Waals surface area contributed by atoms with Gasteiger partial charge < -0.3 is 20.3 Å². The lowest BCUT2D eigenvalue weighted by atomic mass is 9.94. The van der Waals surface area contributed by atoms with Gasteiger partial charge in [0.25, 0.3) is 5.91 Å². The summed E-state index contributed by atoms with van der Waals surface area (Å²) in [5.41, 5.74) is 4.51. The molecule has 6 nitrogen and oxygen atoms in total. The van der Waals surface area contributed by atoms with E-state index in [1.807, 2.05) is 62.5 Å². The van der Waals surface area contributed by atoms with Crippen molar-refractivity contribution in [1.29, 1.82) is 0 Å². The number of hydrogen-bond acceptors (Lipinski definition) is 4. The Morgan fingerprint density at radius 1 is 1.15 bits per heavy atom. The molecule has 0 bridgehead atoms. The molecule has 1 unspecified atom stereocenters. The third-order valence-corrected chi connectivity index (χ3v) is 6.15. The number of aryl methyl sites for hydroxylation is 1. The summed E-state index contributed by atoms with van der Waals surface area (Å²) in [4.78, 5) is 27.3. The number of benzene rings is 2. The molecule has 1 amide bonds. The van der Waals surface area contributed by atoms with Crippen LogP contribution in [-0.2, 0) is 16.0 Å². The first kappa shape index (κ1) is 24.5. The maximum Gasteiger partial charge on any atom is 0.338 e. The predicted molar refractivity (Wildman–Crippen MR) is 135 cm³/mol. The van der Waals surface area contributed by atoms with Crippen molar-refractivity contribution in [3.63, 3.8) is 0 Å². The van der Waals surface area contributed by atoms with Crippen LogP contribution in [0.5, 0.6) is 0 Å². The molecule has 3 rings (SSSR count). The number of esters is 1. The number of carbonyl (C=O) groups is 2. The van der Waals surface area contributed by atoms with Gasteiger partial charge in [0.05, 0.1) is 18.2 Å². The largest absolute Gasteiger partial charge is 0.463 e. The maximum atomic E-state index is 12.8. The van der Waals surface area contributed by atoms with Crippen LogP contribution in [0.25, 0.3) is 0 Å². The Morgan fingerprint density at radius 3 is 2.55 bits per heavy atom. The topological polar surface area (TPSA) is 70.7 Å². The minimum atomic E-state index is -0.470. The number of anilines is 1. The molecule has 2 aromatic carbocycles. The Hall–Kier alpha value is -3.19. The summed E-state index contributed by atoms with van der Waals surface area (Å²) in [7, 11) is 1.81. The highest BCUT2D eigenvalue weighted by molar-refractivity contribution is 7.80. The van der Waals surface area contributed by atoms with Crippen LogP contribution in [-0.4, -0.2) is 35.5 Å². The van der Waals surface area contributed by atoms with Gasteiger partial charge >= 0.3 is 5.97 Å². The van der Waals surface area contributed by atoms with E-state index in [0.717, 1.165) is 30.5 Å². The lowest BCUT2D eigenvalue weighted by molar-refractivity contribution is -0.139. The molecular weight excluding hydrogens is 434 g/mol. The normalized spacial score (nSPS) is 15.8. The maximum absolute atomic E-state index is 12.8. The fraction of sp³-hybridized carbons (Fsp3) is 0.346. The summed E-state index contributed by atoms with van der Waals surface area (Å²) < 4.78 is 5.30. The highest BCUT2D eigenvalue weighted by atomic mass is 32.1. The van der Waals surface area contributed by atoms with E-state index in [1.54, 1.807) is 11.8 Å². The zero-order valence-electron chi connectivity index (χ0n) is 19.6. The third-order valence-electron chi connectivity index (χ3n) is 5.76. The number of amides is 1. The second kappa shape index (κ2) is 11.1. The molecule has 1 aliphatic heterocycles. The monoisotopic (exact) mass is 465 g/mol. The zero-order valence-corrected chi connectivity index (χ0v) is 20.4. The summed E-state index contributed by atoms with van der Waals surface area (Å²) in [5, 5.41) is 6.70. The molecule has 0 saturated carbocycles. The van der Waals surface area contributed by atoms with E-state index >= 15 is 0 Å². The molecule has 0 aliphatic carbocycles. The van der Waals surface area contributed by atoms with Gasteiger partial charge in [-0.1, -0.05) is 37.6 Å². The molecule has 33 heavy (non-hydrogen) atoms. The molecule has 7 heteroatoms. The number of unbranched alkanes of at least 4 members (excludes halogenated alkanes) is 1. The van der Waals surface area contributed by atoms with E-state index in [0.29, 0.717) is 21.9 Å². The van der Waals surface area contributed by atoms with Crippen molar-refractivity contribution in [3.8, 4) is 0 Å².